The summed E-state index contributed by atoms with van der Waals surface area (Å²) >= 11 is 5.89. The molecule has 0 N–H and O–H groups in total. The van der Waals surface area contributed by atoms with E-state index in [0.717, 1.165) is 17.2 Å². The lowest BCUT2D eigenvalue weighted by Gasteiger charge is -2.09. The predicted molar refractivity (Wildman–Crippen MR) is 106 cm³/mol. The van der Waals surface area contributed by atoms with Crippen LogP contribution in [0.5, 0.6) is 0 Å². The van der Waals surface area contributed by atoms with Crippen molar-refractivity contribution < 1.29 is 18.4 Å². The number of esters is 1. The molecule has 0 saturated carbocycles. The zero-order valence-electron chi connectivity index (χ0n) is 15.5. The van der Waals surface area contributed by atoms with Gasteiger partial charge in [0.2, 0.25) is 11.7 Å². The molecule has 2 aromatic heterocycles. The van der Waals surface area contributed by atoms with Crippen LogP contribution in [0.3, 0.4) is 0 Å². The fraction of sp³-hybridized carbons (Fsp3) is 0.143. The summed E-state index contributed by atoms with van der Waals surface area (Å²) in [5, 5.41) is 8.60. The van der Waals surface area contributed by atoms with Crippen LogP contribution in [0.25, 0.3) is 22.4 Å². The van der Waals surface area contributed by atoms with Crippen molar-refractivity contribution in [3.8, 4) is 11.5 Å². The van der Waals surface area contributed by atoms with Crippen molar-refractivity contribution >= 4 is 28.5 Å². The van der Waals surface area contributed by atoms with Crippen LogP contribution in [0, 0.1) is 6.92 Å². The van der Waals surface area contributed by atoms with Gasteiger partial charge in [-0.25, -0.2) is 4.79 Å². The second-order valence-corrected chi connectivity index (χ2v) is 6.91. The van der Waals surface area contributed by atoms with Crippen LogP contribution in [0.4, 0.5) is 0 Å². The predicted octanol–water partition coefficient (Wildman–Crippen LogP) is 4.72. The summed E-state index contributed by atoms with van der Waals surface area (Å²) in [5.74, 6) is -0.600. The number of aromatic nitrogens is 2. The number of hydrogen-bond donors (Lipinski definition) is 0. The molecule has 1 atom stereocenters. The summed E-state index contributed by atoms with van der Waals surface area (Å²) in [6.07, 6.45) is -0.833. The smallest absolute Gasteiger partial charge is 0.375 e. The number of halogens is 1. The highest BCUT2D eigenvalue weighted by Gasteiger charge is 2.22. The number of nitrogens with zero attached hydrogens (tertiary/aromatic N) is 2. The monoisotopic (exact) mass is 410 g/mol. The number of benzene rings is 2. The van der Waals surface area contributed by atoms with Gasteiger partial charge in [0.15, 0.2) is 11.5 Å². The molecule has 0 saturated heterocycles. The fourth-order valence-corrected chi connectivity index (χ4v) is 2.88. The molecular weight excluding hydrogens is 396 g/mol. The molecule has 29 heavy (non-hydrogen) atoms. The third kappa shape index (κ3) is 3.90. The van der Waals surface area contributed by atoms with E-state index in [0.29, 0.717) is 10.9 Å². The van der Waals surface area contributed by atoms with Gasteiger partial charge in [-0.15, -0.1) is 10.2 Å². The summed E-state index contributed by atoms with van der Waals surface area (Å²) in [6, 6.07) is 13.2. The van der Waals surface area contributed by atoms with Crippen molar-refractivity contribution in [2.24, 2.45) is 0 Å². The van der Waals surface area contributed by atoms with Crippen molar-refractivity contribution in [3.05, 3.63) is 81.0 Å². The number of ether oxygens (including phenoxy) is 1. The molecule has 2 heterocycles. The number of rotatable bonds is 4. The molecule has 0 aliphatic heterocycles. The van der Waals surface area contributed by atoms with E-state index in [-0.39, 0.29) is 22.6 Å². The summed E-state index contributed by atoms with van der Waals surface area (Å²) < 4.78 is 16.4. The van der Waals surface area contributed by atoms with Gasteiger partial charge >= 0.3 is 5.97 Å². The quantitative estimate of drug-likeness (QED) is 0.449. The first-order chi connectivity index (χ1) is 13.9. The van der Waals surface area contributed by atoms with E-state index in [4.69, 9.17) is 25.2 Å². The molecule has 0 fully saturated rings. The molecule has 4 rings (SSSR count). The Balaban J connectivity index is 1.54. The molecule has 8 heteroatoms. The first-order valence-electron chi connectivity index (χ1n) is 8.75. The Hall–Kier alpha value is -3.45. The molecular formula is C21H15ClN2O5. The Kier molecular flexibility index (Phi) is 4.90. The van der Waals surface area contributed by atoms with Crippen molar-refractivity contribution in [2.75, 3.05) is 0 Å². The van der Waals surface area contributed by atoms with Crippen LogP contribution < -0.4 is 5.43 Å². The topological polar surface area (TPSA) is 95.4 Å². The first kappa shape index (κ1) is 18.9. The highest BCUT2D eigenvalue weighted by molar-refractivity contribution is 6.31. The minimum atomic E-state index is -0.833. The Bertz CT molecular complexity index is 1260. The van der Waals surface area contributed by atoms with E-state index in [2.05, 4.69) is 10.2 Å². The Morgan fingerprint density at radius 3 is 2.59 bits per heavy atom. The summed E-state index contributed by atoms with van der Waals surface area (Å²) in [4.78, 5) is 24.7. The summed E-state index contributed by atoms with van der Waals surface area (Å²) in [6.45, 7) is 3.56. The molecule has 146 valence electrons. The second-order valence-electron chi connectivity index (χ2n) is 6.47. The third-order valence-corrected chi connectivity index (χ3v) is 4.50. The van der Waals surface area contributed by atoms with E-state index in [1.165, 1.54) is 12.1 Å². The lowest BCUT2D eigenvalue weighted by Crippen LogP contribution is -2.12. The minimum absolute atomic E-state index is 0.129. The highest BCUT2D eigenvalue weighted by Crippen LogP contribution is 2.24. The molecule has 0 aliphatic carbocycles. The van der Waals surface area contributed by atoms with E-state index in [1.807, 2.05) is 31.2 Å². The average molecular weight is 411 g/mol. The highest BCUT2D eigenvalue weighted by atomic mass is 35.5. The van der Waals surface area contributed by atoms with E-state index >= 15 is 0 Å². The number of hydrogen-bond acceptors (Lipinski definition) is 7. The van der Waals surface area contributed by atoms with E-state index < -0.39 is 17.5 Å². The largest absolute Gasteiger partial charge is 0.449 e. The molecule has 7 nitrogen and oxygen atoms in total. The van der Waals surface area contributed by atoms with Gasteiger partial charge in [-0.3, -0.25) is 4.79 Å². The van der Waals surface area contributed by atoms with Gasteiger partial charge in [0.25, 0.3) is 5.89 Å². The zero-order chi connectivity index (χ0) is 20.5. The summed E-state index contributed by atoms with van der Waals surface area (Å²) in [5.41, 5.74) is 1.70. The first-order valence-corrected chi connectivity index (χ1v) is 9.13. The second kappa shape index (κ2) is 7.52. The zero-order valence-corrected chi connectivity index (χ0v) is 16.3. The van der Waals surface area contributed by atoms with Crippen LogP contribution in [-0.4, -0.2) is 16.2 Å². The van der Waals surface area contributed by atoms with E-state index in [1.54, 1.807) is 13.0 Å². The number of carbonyl (C=O) groups excluding carboxylic acids is 1. The third-order valence-electron chi connectivity index (χ3n) is 4.26. The number of carbonyl (C=O) groups is 1. The van der Waals surface area contributed by atoms with Crippen LogP contribution in [-0.2, 0) is 4.74 Å². The number of fused-ring (bicyclic) bond motifs is 1. The van der Waals surface area contributed by atoms with E-state index in [9.17, 15) is 9.59 Å². The van der Waals surface area contributed by atoms with Crippen molar-refractivity contribution in [1.29, 1.82) is 0 Å². The maximum atomic E-state index is 12.4. The molecule has 0 spiro atoms. The fourth-order valence-electron chi connectivity index (χ4n) is 2.71. The lowest BCUT2D eigenvalue weighted by atomic mass is 10.1. The normalized spacial score (nSPS) is 12.1. The van der Waals surface area contributed by atoms with Crippen molar-refractivity contribution in [2.45, 2.75) is 20.0 Å². The molecule has 4 aromatic rings. The standard InChI is InChI=1S/C21H15ClN2O5/c1-11-3-5-13(6-4-11)20-24-23-19(29-20)12(2)27-21(26)18-10-16(25)15-9-14(22)7-8-17(15)28-18/h3-10,12H,1-2H3. The summed E-state index contributed by atoms with van der Waals surface area (Å²) in [7, 11) is 0. The van der Waals surface area contributed by atoms with Gasteiger partial charge in [0.05, 0.1) is 5.39 Å². The van der Waals surface area contributed by atoms with Gasteiger partial charge in [-0.05, 0) is 44.2 Å². The van der Waals surface area contributed by atoms with Gasteiger partial charge in [-0.1, -0.05) is 29.3 Å². The average Bonchev–Trinajstić information content (AvgIpc) is 3.19. The molecule has 2 aromatic carbocycles. The lowest BCUT2D eigenvalue weighted by molar-refractivity contribution is 0.0245. The molecule has 1 unspecified atom stereocenters. The van der Waals surface area contributed by atoms with Crippen molar-refractivity contribution in [1.82, 2.24) is 10.2 Å². The van der Waals surface area contributed by atoms with Crippen molar-refractivity contribution in [3.63, 3.8) is 0 Å². The number of aryl methyl sites for hydroxylation is 1. The molecule has 0 aliphatic rings. The Labute approximate surface area is 169 Å². The minimum Gasteiger partial charge on any atom is -0.449 e. The molecule has 0 radical (unpaired) electrons. The van der Waals surface area contributed by atoms with Gasteiger partial charge < -0.3 is 13.6 Å². The maximum Gasteiger partial charge on any atom is 0.375 e. The van der Waals surface area contributed by atoms with Crippen LogP contribution in [0.1, 0.15) is 35.0 Å². The Morgan fingerprint density at radius 2 is 1.83 bits per heavy atom. The Morgan fingerprint density at radius 1 is 1.07 bits per heavy atom. The van der Waals surface area contributed by atoms with Gasteiger partial charge in [0, 0.05) is 16.7 Å². The SMILES string of the molecule is Cc1ccc(-c2nnc(C(C)OC(=O)c3cc(=O)c4cc(Cl)ccc4o3)o2)cc1. The van der Waals surface area contributed by atoms with Gasteiger partial charge in [0.1, 0.15) is 5.58 Å². The van der Waals surface area contributed by atoms with Gasteiger partial charge in [-0.2, -0.15) is 0 Å². The van der Waals surface area contributed by atoms with Crippen LogP contribution in [0.15, 0.2) is 62.2 Å². The van der Waals surface area contributed by atoms with Crippen LogP contribution >= 0.6 is 11.6 Å². The molecule has 0 amide bonds. The maximum absolute atomic E-state index is 12.4. The van der Waals surface area contributed by atoms with Crippen LogP contribution in [0.2, 0.25) is 5.02 Å². The molecule has 0 bridgehead atoms.